The first-order chi connectivity index (χ1) is 12.3. The number of hydrogen-bond acceptors (Lipinski definition) is 5. The molecule has 0 aliphatic heterocycles. The number of hydrogen-bond donors (Lipinski definition) is 2. The Morgan fingerprint density at radius 3 is 3.16 bits per heavy atom. The van der Waals surface area contributed by atoms with E-state index in [1.165, 1.54) is 34.4 Å². The van der Waals surface area contributed by atoms with Crippen LogP contribution in [-0.4, -0.2) is 26.5 Å². The van der Waals surface area contributed by atoms with Crippen molar-refractivity contribution in [3.63, 3.8) is 0 Å². The van der Waals surface area contributed by atoms with E-state index < -0.39 is 0 Å². The van der Waals surface area contributed by atoms with Gasteiger partial charge in [0.05, 0.1) is 16.4 Å². The molecule has 0 spiro atoms. The normalized spacial score (nSPS) is 13.6. The van der Waals surface area contributed by atoms with E-state index in [9.17, 15) is 4.39 Å². The predicted molar refractivity (Wildman–Crippen MR) is 97.7 cm³/mol. The maximum Gasteiger partial charge on any atom is 0.138 e. The largest absolute Gasteiger partial charge is 0.369 e. The molecule has 0 amide bonds. The number of nitrogens with zero attached hydrogens (tertiary/aromatic N) is 3. The summed E-state index contributed by atoms with van der Waals surface area (Å²) in [4.78, 5) is 19.1. The van der Waals surface area contributed by atoms with E-state index in [0.717, 1.165) is 40.3 Å². The second-order valence-corrected chi connectivity index (χ2v) is 7.37. The summed E-state index contributed by atoms with van der Waals surface area (Å²) in [5, 5.41) is 4.62. The SMILES string of the molecule is Fc1ccc2nc(CCNc3ncnc4sc5c(c34)CCC5)[nH]c2c1. The van der Waals surface area contributed by atoms with Crippen molar-refractivity contribution >= 4 is 38.4 Å². The van der Waals surface area contributed by atoms with Crippen LogP contribution in [0, 0.1) is 5.82 Å². The highest BCUT2D eigenvalue weighted by molar-refractivity contribution is 7.19. The van der Waals surface area contributed by atoms with Crippen molar-refractivity contribution in [3.05, 3.63) is 46.6 Å². The van der Waals surface area contributed by atoms with Crippen LogP contribution in [-0.2, 0) is 19.3 Å². The number of benzene rings is 1. The lowest BCUT2D eigenvalue weighted by Crippen LogP contribution is -2.08. The molecule has 5 nitrogen and oxygen atoms in total. The van der Waals surface area contributed by atoms with Crippen molar-refractivity contribution < 1.29 is 4.39 Å². The summed E-state index contributed by atoms with van der Waals surface area (Å²) in [6.45, 7) is 0.707. The average Bonchev–Trinajstić information content (AvgIpc) is 3.27. The van der Waals surface area contributed by atoms with Gasteiger partial charge in [0.25, 0.3) is 0 Å². The zero-order valence-electron chi connectivity index (χ0n) is 13.5. The first-order valence-electron chi connectivity index (χ1n) is 8.41. The molecule has 0 unspecified atom stereocenters. The molecule has 3 aromatic heterocycles. The van der Waals surface area contributed by atoms with Crippen molar-refractivity contribution in [3.8, 4) is 0 Å². The average molecular weight is 353 g/mol. The summed E-state index contributed by atoms with van der Waals surface area (Å²) in [5.74, 6) is 1.50. The Labute approximate surface area is 147 Å². The zero-order valence-corrected chi connectivity index (χ0v) is 14.3. The van der Waals surface area contributed by atoms with Gasteiger partial charge in [-0.1, -0.05) is 0 Å². The van der Waals surface area contributed by atoms with Crippen molar-refractivity contribution in [2.45, 2.75) is 25.7 Å². The molecule has 7 heteroatoms. The van der Waals surface area contributed by atoms with E-state index in [1.54, 1.807) is 23.7 Å². The minimum atomic E-state index is -0.254. The molecule has 0 radical (unpaired) electrons. The zero-order chi connectivity index (χ0) is 16.8. The summed E-state index contributed by atoms with van der Waals surface area (Å²) >= 11 is 1.79. The van der Waals surface area contributed by atoms with Crippen molar-refractivity contribution in [1.29, 1.82) is 0 Å². The standard InChI is InChI=1S/C18H16FN5S/c19-10-4-5-12-13(8-10)24-15(23-12)6-7-20-17-16-11-2-1-3-14(11)25-18(16)22-9-21-17/h4-5,8-9H,1-3,6-7H2,(H,23,24)(H,20,21,22). The Hall–Kier alpha value is -2.54. The third-order valence-electron chi connectivity index (χ3n) is 4.65. The molecule has 1 aliphatic rings. The van der Waals surface area contributed by atoms with Crippen molar-refractivity contribution in [2.24, 2.45) is 0 Å². The Kier molecular flexibility index (Phi) is 3.41. The van der Waals surface area contributed by atoms with Crippen LogP contribution in [0.15, 0.2) is 24.5 Å². The molecule has 0 bridgehead atoms. The summed E-state index contributed by atoms with van der Waals surface area (Å²) < 4.78 is 13.3. The Morgan fingerprint density at radius 2 is 2.20 bits per heavy atom. The van der Waals surface area contributed by atoms with Gasteiger partial charge in [0, 0.05) is 17.8 Å². The molecule has 1 aromatic carbocycles. The fraction of sp³-hybridized carbons (Fsp3) is 0.278. The molecule has 126 valence electrons. The van der Waals surface area contributed by atoms with Crippen molar-refractivity contribution in [2.75, 3.05) is 11.9 Å². The van der Waals surface area contributed by atoms with E-state index >= 15 is 0 Å². The molecule has 4 aromatic rings. The Morgan fingerprint density at radius 1 is 1.24 bits per heavy atom. The van der Waals surface area contributed by atoms with Crippen LogP contribution in [0.2, 0.25) is 0 Å². The lowest BCUT2D eigenvalue weighted by molar-refractivity contribution is 0.629. The van der Waals surface area contributed by atoms with Gasteiger partial charge in [0.2, 0.25) is 0 Å². The molecule has 25 heavy (non-hydrogen) atoms. The maximum atomic E-state index is 13.3. The van der Waals surface area contributed by atoms with Crippen LogP contribution in [0.4, 0.5) is 10.2 Å². The smallest absolute Gasteiger partial charge is 0.138 e. The molecule has 0 atom stereocenters. The summed E-state index contributed by atoms with van der Waals surface area (Å²) in [7, 11) is 0. The van der Waals surface area contributed by atoms with E-state index in [4.69, 9.17) is 0 Å². The molecule has 2 N–H and O–H groups in total. The summed E-state index contributed by atoms with van der Waals surface area (Å²) in [6.07, 6.45) is 5.84. The highest BCUT2D eigenvalue weighted by atomic mass is 32.1. The molecule has 1 aliphatic carbocycles. The van der Waals surface area contributed by atoms with Crippen LogP contribution >= 0.6 is 11.3 Å². The van der Waals surface area contributed by atoms with Gasteiger partial charge >= 0.3 is 0 Å². The fourth-order valence-electron chi connectivity index (χ4n) is 3.52. The first-order valence-corrected chi connectivity index (χ1v) is 9.23. The van der Waals surface area contributed by atoms with Crippen LogP contribution in [0.1, 0.15) is 22.7 Å². The number of aromatic nitrogens is 4. The highest BCUT2D eigenvalue weighted by Crippen LogP contribution is 2.38. The second kappa shape index (κ2) is 5.77. The first kappa shape index (κ1) is 14.8. The predicted octanol–water partition coefficient (Wildman–Crippen LogP) is 3.85. The van der Waals surface area contributed by atoms with Crippen LogP contribution in [0.5, 0.6) is 0 Å². The van der Waals surface area contributed by atoms with Gasteiger partial charge < -0.3 is 10.3 Å². The maximum absolute atomic E-state index is 13.3. The number of aromatic amines is 1. The van der Waals surface area contributed by atoms with Crippen LogP contribution in [0.25, 0.3) is 21.3 Å². The van der Waals surface area contributed by atoms with E-state index in [2.05, 4.69) is 25.3 Å². The molecule has 3 heterocycles. The molecule has 0 fully saturated rings. The lowest BCUT2D eigenvalue weighted by Gasteiger charge is -2.06. The minimum Gasteiger partial charge on any atom is -0.369 e. The number of rotatable bonds is 4. The number of halogens is 1. The monoisotopic (exact) mass is 353 g/mol. The third kappa shape index (κ3) is 2.55. The quantitative estimate of drug-likeness (QED) is 0.585. The van der Waals surface area contributed by atoms with Gasteiger partial charge in [-0.25, -0.2) is 19.3 Å². The van der Waals surface area contributed by atoms with Gasteiger partial charge in [0.1, 0.15) is 28.6 Å². The number of aryl methyl sites for hydroxylation is 2. The fourth-order valence-corrected chi connectivity index (χ4v) is 4.74. The van der Waals surface area contributed by atoms with E-state index in [-0.39, 0.29) is 5.82 Å². The van der Waals surface area contributed by atoms with E-state index in [1.807, 2.05) is 0 Å². The minimum absolute atomic E-state index is 0.254. The number of thiophene rings is 1. The van der Waals surface area contributed by atoms with Gasteiger partial charge in [-0.3, -0.25) is 0 Å². The third-order valence-corrected chi connectivity index (χ3v) is 5.85. The topological polar surface area (TPSA) is 66.5 Å². The Bertz CT molecular complexity index is 1080. The lowest BCUT2D eigenvalue weighted by atomic mass is 10.2. The molecule has 0 saturated carbocycles. The Balaban J connectivity index is 1.36. The number of anilines is 1. The van der Waals surface area contributed by atoms with Gasteiger partial charge in [-0.05, 0) is 43.0 Å². The highest BCUT2D eigenvalue weighted by Gasteiger charge is 2.21. The van der Waals surface area contributed by atoms with Crippen LogP contribution < -0.4 is 5.32 Å². The summed E-state index contributed by atoms with van der Waals surface area (Å²) in [5.41, 5.74) is 2.94. The summed E-state index contributed by atoms with van der Waals surface area (Å²) in [6, 6.07) is 4.60. The van der Waals surface area contributed by atoms with Gasteiger partial charge in [-0.15, -0.1) is 11.3 Å². The number of fused-ring (bicyclic) bond motifs is 4. The number of imidazole rings is 1. The number of nitrogens with one attached hydrogen (secondary N) is 2. The van der Waals surface area contributed by atoms with Gasteiger partial charge in [-0.2, -0.15) is 0 Å². The molecule has 5 rings (SSSR count). The van der Waals surface area contributed by atoms with Gasteiger partial charge in [0.15, 0.2) is 0 Å². The molecular weight excluding hydrogens is 337 g/mol. The second-order valence-electron chi connectivity index (χ2n) is 6.28. The van der Waals surface area contributed by atoms with Crippen molar-refractivity contribution in [1.82, 2.24) is 19.9 Å². The number of H-pyrrole nitrogens is 1. The molecule has 0 saturated heterocycles. The van der Waals surface area contributed by atoms with E-state index in [0.29, 0.717) is 13.0 Å². The van der Waals surface area contributed by atoms with Crippen LogP contribution in [0.3, 0.4) is 0 Å². The molecular formula is C18H16FN5S.